The molecular weight excluding hydrogens is 539 g/mol. The Morgan fingerprint density at radius 1 is 0.829 bits per heavy atom. The highest BCUT2D eigenvalue weighted by Gasteiger charge is 2.26. The summed E-state index contributed by atoms with van der Waals surface area (Å²) in [5.74, 6) is -0.220. The number of amides is 1. The quantitative estimate of drug-likeness (QED) is 0.0418. The van der Waals surface area contributed by atoms with Gasteiger partial charge in [0.25, 0.3) is 0 Å². The summed E-state index contributed by atoms with van der Waals surface area (Å²) in [5, 5.41) is 13.4. The molecule has 0 heterocycles. The number of nitrogens with two attached hydrogens (primary N) is 1. The second-order valence-electron chi connectivity index (χ2n) is 10.3. The molecule has 0 rings (SSSR count). The van der Waals surface area contributed by atoms with E-state index in [-0.39, 0.29) is 25.7 Å². The van der Waals surface area contributed by atoms with Crippen molar-refractivity contribution in [2.75, 3.05) is 19.8 Å². The minimum atomic E-state index is -4.32. The van der Waals surface area contributed by atoms with Gasteiger partial charge in [-0.2, -0.15) is 0 Å². The fraction of sp³-hybridized carbons (Fsp3) is 0.719. The molecule has 0 bridgehead atoms. The van der Waals surface area contributed by atoms with Crippen molar-refractivity contribution in [1.82, 2.24) is 5.32 Å². The molecular formula is C32H59N2O6P. The van der Waals surface area contributed by atoms with Gasteiger partial charge in [-0.15, -0.1) is 0 Å². The van der Waals surface area contributed by atoms with Crippen LogP contribution in [0.25, 0.3) is 0 Å². The van der Waals surface area contributed by atoms with Crippen molar-refractivity contribution in [3.05, 3.63) is 48.6 Å². The smallest absolute Gasteiger partial charge is 0.387 e. The highest BCUT2D eigenvalue weighted by atomic mass is 31.2. The number of carbonyl (C=O) groups is 1. The Balaban J connectivity index is 4.38. The van der Waals surface area contributed by atoms with E-state index >= 15 is 0 Å². The second-order valence-corrected chi connectivity index (χ2v) is 11.7. The molecule has 0 saturated carbocycles. The SMILES string of the molecule is CC/C=C\C/C=C\C/C=C\CCCCCCCC(=O)NC(COP(=O)(O)OCCN)C(O)/C=C/CCCCCCC. The number of nitrogens with one attached hydrogen (secondary N) is 1. The standard InChI is InChI=1S/C32H59N2O6P/c1-3-5-7-9-11-12-13-14-15-16-17-18-20-22-24-26-32(36)34-30(29-40-41(37,38)39-28-27-33)31(35)25-23-21-19-10-8-6-4-2/h5,7,11-12,14-15,23,25,30-31,35H,3-4,6,8-10,13,16-22,24,26-29,33H2,1-2H3,(H,34,36)(H,37,38)/b7-5-,12-11-,15-14-,25-23+. The van der Waals surface area contributed by atoms with Crippen molar-refractivity contribution in [3.63, 3.8) is 0 Å². The molecule has 3 unspecified atom stereocenters. The van der Waals surface area contributed by atoms with Gasteiger partial charge in [-0.1, -0.05) is 107 Å². The Hall–Kier alpha value is -1.54. The summed E-state index contributed by atoms with van der Waals surface area (Å²) >= 11 is 0. The van der Waals surface area contributed by atoms with Gasteiger partial charge in [0, 0.05) is 13.0 Å². The molecule has 8 nitrogen and oxygen atoms in total. The number of carbonyl (C=O) groups excluding carboxylic acids is 1. The first-order chi connectivity index (χ1) is 19.9. The Labute approximate surface area is 250 Å². The second kappa shape index (κ2) is 28.6. The molecule has 238 valence electrons. The largest absolute Gasteiger partial charge is 0.472 e. The Kier molecular flexibility index (Phi) is 27.5. The lowest BCUT2D eigenvalue weighted by molar-refractivity contribution is -0.123. The van der Waals surface area contributed by atoms with Crippen LogP contribution in [0.3, 0.4) is 0 Å². The number of hydrogen-bond acceptors (Lipinski definition) is 6. The number of unbranched alkanes of at least 4 members (excludes halogenated alkanes) is 10. The molecule has 0 aliphatic carbocycles. The molecule has 0 aliphatic rings. The summed E-state index contributed by atoms with van der Waals surface area (Å²) in [4.78, 5) is 22.4. The van der Waals surface area contributed by atoms with Crippen molar-refractivity contribution in [2.24, 2.45) is 5.73 Å². The van der Waals surface area contributed by atoms with Gasteiger partial charge in [-0.3, -0.25) is 13.8 Å². The topological polar surface area (TPSA) is 131 Å². The summed E-state index contributed by atoms with van der Waals surface area (Å²) in [6, 6.07) is -0.866. The maximum Gasteiger partial charge on any atom is 0.472 e. The van der Waals surface area contributed by atoms with E-state index in [1.807, 2.05) is 6.08 Å². The van der Waals surface area contributed by atoms with E-state index in [9.17, 15) is 19.4 Å². The van der Waals surface area contributed by atoms with E-state index in [1.54, 1.807) is 6.08 Å². The van der Waals surface area contributed by atoms with Gasteiger partial charge >= 0.3 is 7.82 Å². The fourth-order valence-corrected chi connectivity index (χ4v) is 4.78. The average molecular weight is 599 g/mol. The zero-order chi connectivity index (χ0) is 30.4. The van der Waals surface area contributed by atoms with Crippen LogP contribution in [0.4, 0.5) is 0 Å². The van der Waals surface area contributed by atoms with Gasteiger partial charge in [0.15, 0.2) is 0 Å². The molecule has 0 fully saturated rings. The van der Waals surface area contributed by atoms with Crippen LogP contribution in [-0.4, -0.2) is 47.8 Å². The van der Waals surface area contributed by atoms with Crippen LogP contribution in [0.15, 0.2) is 48.6 Å². The molecule has 3 atom stereocenters. The normalized spacial score (nSPS) is 15.3. The highest BCUT2D eigenvalue weighted by Crippen LogP contribution is 2.43. The van der Waals surface area contributed by atoms with E-state index in [4.69, 9.17) is 14.8 Å². The Morgan fingerprint density at radius 2 is 1.41 bits per heavy atom. The van der Waals surface area contributed by atoms with E-state index in [0.717, 1.165) is 77.0 Å². The maximum absolute atomic E-state index is 12.6. The molecule has 0 saturated heterocycles. The van der Waals surface area contributed by atoms with Crippen molar-refractivity contribution >= 4 is 13.7 Å². The van der Waals surface area contributed by atoms with Gasteiger partial charge in [-0.25, -0.2) is 4.57 Å². The van der Waals surface area contributed by atoms with Crippen LogP contribution in [0.5, 0.6) is 0 Å². The fourth-order valence-electron chi connectivity index (χ4n) is 4.02. The summed E-state index contributed by atoms with van der Waals surface area (Å²) < 4.78 is 21.8. The molecule has 0 aromatic rings. The number of hydrogen-bond donors (Lipinski definition) is 4. The van der Waals surface area contributed by atoms with Crippen LogP contribution >= 0.6 is 7.82 Å². The van der Waals surface area contributed by atoms with Crippen molar-refractivity contribution in [2.45, 2.75) is 129 Å². The summed E-state index contributed by atoms with van der Waals surface area (Å²) in [7, 11) is -4.32. The van der Waals surface area contributed by atoms with E-state index in [1.165, 1.54) is 19.3 Å². The number of aliphatic hydroxyl groups is 1. The minimum Gasteiger partial charge on any atom is -0.387 e. The molecule has 0 aromatic heterocycles. The number of phosphoric ester groups is 1. The third-order valence-electron chi connectivity index (χ3n) is 6.41. The zero-order valence-electron chi connectivity index (χ0n) is 25.8. The molecule has 9 heteroatoms. The number of aliphatic hydroxyl groups excluding tert-OH is 1. The molecule has 0 spiro atoms. The zero-order valence-corrected chi connectivity index (χ0v) is 26.7. The van der Waals surface area contributed by atoms with Gasteiger partial charge in [0.1, 0.15) is 0 Å². The van der Waals surface area contributed by atoms with Gasteiger partial charge < -0.3 is 21.1 Å². The number of rotatable bonds is 28. The van der Waals surface area contributed by atoms with Crippen LogP contribution in [-0.2, 0) is 18.4 Å². The lowest BCUT2D eigenvalue weighted by atomic mass is 10.1. The minimum absolute atomic E-state index is 0.0728. The summed E-state index contributed by atoms with van der Waals surface area (Å²) in [5.41, 5.74) is 5.32. The predicted octanol–water partition coefficient (Wildman–Crippen LogP) is 7.43. The lowest BCUT2D eigenvalue weighted by Crippen LogP contribution is -2.45. The van der Waals surface area contributed by atoms with Crippen molar-refractivity contribution < 1.29 is 28.4 Å². The average Bonchev–Trinajstić information content (AvgIpc) is 2.95. The highest BCUT2D eigenvalue weighted by molar-refractivity contribution is 7.47. The first-order valence-electron chi connectivity index (χ1n) is 15.8. The van der Waals surface area contributed by atoms with E-state index in [0.29, 0.717) is 6.42 Å². The van der Waals surface area contributed by atoms with Gasteiger partial charge in [-0.05, 0) is 51.4 Å². The lowest BCUT2D eigenvalue weighted by Gasteiger charge is -2.23. The summed E-state index contributed by atoms with van der Waals surface area (Å²) in [6.07, 6.45) is 31.7. The van der Waals surface area contributed by atoms with E-state index < -0.39 is 20.0 Å². The van der Waals surface area contributed by atoms with Gasteiger partial charge in [0.2, 0.25) is 5.91 Å². The monoisotopic (exact) mass is 598 g/mol. The summed E-state index contributed by atoms with van der Waals surface area (Å²) in [6.45, 7) is 3.90. The molecule has 5 N–H and O–H groups in total. The molecule has 1 amide bonds. The predicted molar refractivity (Wildman–Crippen MR) is 171 cm³/mol. The van der Waals surface area contributed by atoms with Crippen LogP contribution in [0, 0.1) is 0 Å². The van der Waals surface area contributed by atoms with Gasteiger partial charge in [0.05, 0.1) is 25.4 Å². The molecule has 0 aliphatic heterocycles. The van der Waals surface area contributed by atoms with Crippen LogP contribution in [0.1, 0.15) is 117 Å². The van der Waals surface area contributed by atoms with Crippen LogP contribution < -0.4 is 11.1 Å². The first-order valence-corrected chi connectivity index (χ1v) is 17.3. The Bertz CT molecular complexity index is 784. The maximum atomic E-state index is 12.6. The number of allylic oxidation sites excluding steroid dienone is 7. The van der Waals surface area contributed by atoms with Crippen LogP contribution in [0.2, 0.25) is 0 Å². The molecule has 0 aromatic carbocycles. The third-order valence-corrected chi connectivity index (χ3v) is 7.39. The number of phosphoric acid groups is 1. The van der Waals surface area contributed by atoms with E-state index in [2.05, 4.69) is 55.6 Å². The Morgan fingerprint density at radius 3 is 2.07 bits per heavy atom. The molecule has 0 radical (unpaired) electrons. The van der Waals surface area contributed by atoms with Crippen molar-refractivity contribution in [3.8, 4) is 0 Å². The first kappa shape index (κ1) is 39.5. The van der Waals surface area contributed by atoms with Crippen molar-refractivity contribution in [1.29, 1.82) is 0 Å². The molecule has 41 heavy (non-hydrogen) atoms. The third kappa shape index (κ3) is 27.1.